The van der Waals surface area contributed by atoms with Gasteiger partial charge in [0.2, 0.25) is 5.91 Å². The first-order valence-corrected chi connectivity index (χ1v) is 27.7. The minimum atomic E-state index is -1.56. The molecule has 0 aromatic rings. The van der Waals surface area contributed by atoms with E-state index >= 15 is 0 Å². The molecule has 0 aromatic heterocycles. The number of aliphatic hydroxyl groups excluding tert-OH is 5. The van der Waals surface area contributed by atoms with Gasteiger partial charge >= 0.3 is 0 Å². The van der Waals surface area contributed by atoms with Gasteiger partial charge in [-0.2, -0.15) is 0 Å². The van der Waals surface area contributed by atoms with Gasteiger partial charge in [-0.25, -0.2) is 0 Å². The van der Waals surface area contributed by atoms with Crippen molar-refractivity contribution in [2.24, 2.45) is 0 Å². The quantitative estimate of drug-likeness (QED) is 0.0261. The molecule has 382 valence electrons. The monoisotopic (exact) mass is 920 g/mol. The Balaban J connectivity index is 2.19. The molecule has 1 heterocycles. The van der Waals surface area contributed by atoms with Crippen molar-refractivity contribution < 1.29 is 39.8 Å². The SMILES string of the molecule is CC/C=C\C/C=C\C/C=C\CCCCCCCC(=O)NC(COC1OC(CO)C(O)C(O)C1O)C(O)CCCCCCCCCCCCCCCCCCCCCCCCCCCCC. The summed E-state index contributed by atoms with van der Waals surface area (Å²) in [4.78, 5) is 13.0. The first-order valence-electron chi connectivity index (χ1n) is 27.7. The van der Waals surface area contributed by atoms with Gasteiger partial charge in [-0.1, -0.05) is 243 Å². The van der Waals surface area contributed by atoms with Crippen molar-refractivity contribution >= 4 is 5.91 Å². The van der Waals surface area contributed by atoms with Gasteiger partial charge < -0.3 is 40.3 Å². The Hall–Kier alpha value is -1.59. The van der Waals surface area contributed by atoms with Gasteiger partial charge in [0.05, 0.1) is 25.4 Å². The predicted molar refractivity (Wildman–Crippen MR) is 272 cm³/mol. The minimum absolute atomic E-state index is 0.145. The van der Waals surface area contributed by atoms with Crippen molar-refractivity contribution in [1.82, 2.24) is 5.32 Å². The maximum atomic E-state index is 13.0. The third-order valence-electron chi connectivity index (χ3n) is 13.3. The molecule has 1 saturated heterocycles. The van der Waals surface area contributed by atoms with Crippen LogP contribution in [0.5, 0.6) is 0 Å². The molecular formula is C56H105NO8. The van der Waals surface area contributed by atoms with Crippen LogP contribution in [0.25, 0.3) is 0 Å². The summed E-state index contributed by atoms with van der Waals surface area (Å²) < 4.78 is 11.3. The molecule has 0 spiro atoms. The molecule has 0 bridgehead atoms. The highest BCUT2D eigenvalue weighted by atomic mass is 16.7. The van der Waals surface area contributed by atoms with E-state index in [0.717, 1.165) is 77.0 Å². The summed E-state index contributed by atoms with van der Waals surface area (Å²) in [6.45, 7) is 3.73. The van der Waals surface area contributed by atoms with Crippen LogP contribution in [0.2, 0.25) is 0 Å². The second-order valence-electron chi connectivity index (χ2n) is 19.4. The van der Waals surface area contributed by atoms with Crippen molar-refractivity contribution in [1.29, 1.82) is 0 Å². The van der Waals surface area contributed by atoms with Gasteiger partial charge in [-0.15, -0.1) is 0 Å². The Bertz CT molecular complexity index is 1110. The molecule has 0 saturated carbocycles. The third kappa shape index (κ3) is 36.1. The van der Waals surface area contributed by atoms with Gasteiger partial charge in [0.1, 0.15) is 24.4 Å². The molecule has 6 N–H and O–H groups in total. The smallest absolute Gasteiger partial charge is 0.220 e. The van der Waals surface area contributed by atoms with Crippen molar-refractivity contribution in [2.75, 3.05) is 13.2 Å². The van der Waals surface area contributed by atoms with E-state index in [1.165, 1.54) is 154 Å². The van der Waals surface area contributed by atoms with E-state index in [2.05, 4.69) is 55.6 Å². The zero-order valence-corrected chi connectivity index (χ0v) is 42.3. The molecular weight excluding hydrogens is 815 g/mol. The molecule has 0 aliphatic carbocycles. The second kappa shape index (κ2) is 46.2. The van der Waals surface area contributed by atoms with Crippen LogP contribution in [0.4, 0.5) is 0 Å². The molecule has 1 aliphatic rings. The van der Waals surface area contributed by atoms with Crippen LogP contribution in [0.3, 0.4) is 0 Å². The average molecular weight is 920 g/mol. The lowest BCUT2D eigenvalue weighted by Crippen LogP contribution is -2.60. The van der Waals surface area contributed by atoms with Crippen LogP contribution >= 0.6 is 0 Å². The lowest BCUT2D eigenvalue weighted by atomic mass is 9.99. The summed E-state index contributed by atoms with van der Waals surface area (Å²) >= 11 is 0. The highest BCUT2D eigenvalue weighted by molar-refractivity contribution is 5.76. The molecule has 1 amide bonds. The van der Waals surface area contributed by atoms with Crippen LogP contribution in [0.15, 0.2) is 36.5 Å². The maximum Gasteiger partial charge on any atom is 0.220 e. The average Bonchev–Trinajstić information content (AvgIpc) is 3.31. The zero-order chi connectivity index (χ0) is 47.3. The van der Waals surface area contributed by atoms with E-state index in [1.807, 2.05) is 0 Å². The van der Waals surface area contributed by atoms with Gasteiger partial charge in [0, 0.05) is 6.42 Å². The van der Waals surface area contributed by atoms with Crippen LogP contribution in [0, 0.1) is 0 Å². The zero-order valence-electron chi connectivity index (χ0n) is 42.3. The number of rotatable bonds is 47. The Kier molecular flexibility index (Phi) is 43.6. The first-order chi connectivity index (χ1) is 31.8. The van der Waals surface area contributed by atoms with Gasteiger partial charge in [0.15, 0.2) is 6.29 Å². The number of nitrogens with one attached hydrogen (secondary N) is 1. The van der Waals surface area contributed by atoms with Gasteiger partial charge in [0.25, 0.3) is 0 Å². The van der Waals surface area contributed by atoms with E-state index in [-0.39, 0.29) is 12.5 Å². The minimum Gasteiger partial charge on any atom is -0.394 e. The fraction of sp³-hybridized carbons (Fsp3) is 0.875. The van der Waals surface area contributed by atoms with Crippen molar-refractivity contribution in [3.05, 3.63) is 36.5 Å². The molecule has 1 aliphatic heterocycles. The molecule has 0 aromatic carbocycles. The van der Waals surface area contributed by atoms with Crippen molar-refractivity contribution in [2.45, 2.75) is 301 Å². The number of hydrogen-bond acceptors (Lipinski definition) is 8. The van der Waals surface area contributed by atoms with Crippen molar-refractivity contribution in [3.63, 3.8) is 0 Å². The number of amides is 1. The van der Waals surface area contributed by atoms with E-state index < -0.39 is 49.5 Å². The lowest BCUT2D eigenvalue weighted by molar-refractivity contribution is -0.302. The highest BCUT2D eigenvalue weighted by Gasteiger charge is 2.44. The third-order valence-corrected chi connectivity index (χ3v) is 13.3. The Morgan fingerprint density at radius 3 is 1.42 bits per heavy atom. The fourth-order valence-electron chi connectivity index (χ4n) is 8.88. The van der Waals surface area contributed by atoms with Gasteiger partial charge in [-0.05, 0) is 44.9 Å². The Morgan fingerprint density at radius 1 is 0.538 bits per heavy atom. The number of ether oxygens (including phenoxy) is 2. The van der Waals surface area contributed by atoms with Crippen LogP contribution < -0.4 is 5.32 Å². The summed E-state index contributed by atoms with van der Waals surface area (Å²) in [7, 11) is 0. The van der Waals surface area contributed by atoms with Crippen LogP contribution in [0.1, 0.15) is 258 Å². The summed E-state index contributed by atoms with van der Waals surface area (Å²) in [6, 6.07) is -0.728. The lowest BCUT2D eigenvalue weighted by Gasteiger charge is -2.40. The molecule has 7 atom stereocenters. The summed E-state index contributed by atoms with van der Waals surface area (Å²) in [5.74, 6) is -0.159. The normalized spacial score (nSPS) is 20.1. The van der Waals surface area contributed by atoms with Crippen LogP contribution in [-0.4, -0.2) is 87.5 Å². The Morgan fingerprint density at radius 2 is 0.954 bits per heavy atom. The number of carbonyl (C=O) groups is 1. The molecule has 65 heavy (non-hydrogen) atoms. The number of unbranched alkanes of at least 4 members (excludes halogenated alkanes) is 31. The highest BCUT2D eigenvalue weighted by Crippen LogP contribution is 2.23. The number of aliphatic hydroxyl groups is 5. The van der Waals surface area contributed by atoms with Gasteiger partial charge in [-0.3, -0.25) is 4.79 Å². The molecule has 7 unspecified atom stereocenters. The van der Waals surface area contributed by atoms with E-state index in [1.54, 1.807) is 0 Å². The second-order valence-corrected chi connectivity index (χ2v) is 19.4. The van der Waals surface area contributed by atoms with Crippen LogP contribution in [-0.2, 0) is 14.3 Å². The number of hydrogen-bond donors (Lipinski definition) is 6. The van der Waals surface area contributed by atoms with E-state index in [9.17, 15) is 30.3 Å². The van der Waals surface area contributed by atoms with Crippen molar-refractivity contribution in [3.8, 4) is 0 Å². The summed E-state index contributed by atoms with van der Waals surface area (Å²) in [5.41, 5.74) is 0. The van der Waals surface area contributed by atoms with E-state index in [0.29, 0.717) is 12.8 Å². The topological polar surface area (TPSA) is 149 Å². The molecule has 0 radical (unpaired) electrons. The number of carbonyl (C=O) groups excluding carboxylic acids is 1. The standard InChI is InChI=1S/C56H105NO8/c1-3-5-7-9-11-13-15-17-19-20-21-22-23-24-25-26-27-28-29-30-32-33-35-37-39-41-43-45-50(59)49(48-64-56-55(63)54(62)53(61)51(47-58)65-56)57-52(60)46-44-42-40-38-36-34-31-18-16-14-12-10-8-6-4-2/h6,8,12,14,18,31,49-51,53-56,58-59,61-63H,3-5,7,9-11,13,15-17,19-30,32-48H2,1-2H3,(H,57,60)/b8-6-,14-12-,31-18-. The maximum absolute atomic E-state index is 13.0. The fourth-order valence-corrected chi connectivity index (χ4v) is 8.88. The predicted octanol–water partition coefficient (Wildman–Crippen LogP) is 13.2. The summed E-state index contributed by atoms with van der Waals surface area (Å²) in [6.07, 6.45) is 51.8. The molecule has 1 fully saturated rings. The summed E-state index contributed by atoms with van der Waals surface area (Å²) in [5, 5.41) is 54.6. The largest absolute Gasteiger partial charge is 0.394 e. The molecule has 9 heteroatoms. The molecule has 9 nitrogen and oxygen atoms in total. The molecule has 1 rings (SSSR count). The number of allylic oxidation sites excluding steroid dienone is 6. The Labute approximate surface area is 400 Å². The first kappa shape index (κ1) is 61.4. The van der Waals surface area contributed by atoms with E-state index in [4.69, 9.17) is 9.47 Å².